The molecule has 0 aliphatic rings. The van der Waals surface area contributed by atoms with Crippen LogP contribution in [0.3, 0.4) is 0 Å². The Balaban J connectivity index is 2.24. The summed E-state index contributed by atoms with van der Waals surface area (Å²) in [5.74, 6) is 0. The van der Waals surface area contributed by atoms with E-state index in [0.717, 1.165) is 11.1 Å². The maximum absolute atomic E-state index is 12.3. The molecule has 0 heterocycles. The van der Waals surface area contributed by atoms with Crippen LogP contribution in [0.5, 0.6) is 0 Å². The van der Waals surface area contributed by atoms with Gasteiger partial charge in [-0.05, 0) is 29.3 Å². The van der Waals surface area contributed by atoms with Gasteiger partial charge in [0, 0.05) is 18.1 Å². The van der Waals surface area contributed by atoms with Crippen molar-refractivity contribution < 1.29 is 8.42 Å². The van der Waals surface area contributed by atoms with Crippen molar-refractivity contribution in [2.45, 2.75) is 18.0 Å². The number of nitrogens with one attached hydrogen (secondary N) is 1. The standard InChI is InChI=1S/C14H14Cl2N2O2S/c15-12-5-6-13(16)14(7-12)21(19,20)18-9-11-4-2-1-3-10(11)8-17/h1-7,18H,8-9,17H2. The van der Waals surface area contributed by atoms with Crippen LogP contribution in [-0.4, -0.2) is 8.42 Å². The first-order chi connectivity index (χ1) is 9.94. The second-order valence-electron chi connectivity index (χ2n) is 4.37. The van der Waals surface area contributed by atoms with Gasteiger partial charge in [-0.3, -0.25) is 0 Å². The normalized spacial score (nSPS) is 11.6. The van der Waals surface area contributed by atoms with Crippen LogP contribution in [0.15, 0.2) is 47.4 Å². The summed E-state index contributed by atoms with van der Waals surface area (Å²) in [6, 6.07) is 11.7. The predicted molar refractivity (Wildman–Crippen MR) is 84.8 cm³/mol. The fourth-order valence-corrected chi connectivity index (χ4v) is 3.63. The third-order valence-corrected chi connectivity index (χ3v) is 5.09. The topological polar surface area (TPSA) is 72.2 Å². The number of halogens is 2. The van der Waals surface area contributed by atoms with Crippen molar-refractivity contribution in [3.05, 3.63) is 63.6 Å². The number of hydrogen-bond donors (Lipinski definition) is 2. The molecule has 0 aliphatic carbocycles. The van der Waals surface area contributed by atoms with Crippen LogP contribution in [0.2, 0.25) is 10.0 Å². The SMILES string of the molecule is NCc1ccccc1CNS(=O)(=O)c1cc(Cl)ccc1Cl. The second-order valence-corrected chi connectivity index (χ2v) is 6.95. The third-order valence-electron chi connectivity index (χ3n) is 2.97. The van der Waals surface area contributed by atoms with Gasteiger partial charge in [-0.25, -0.2) is 13.1 Å². The van der Waals surface area contributed by atoms with Crippen LogP contribution in [0.1, 0.15) is 11.1 Å². The molecule has 0 saturated carbocycles. The quantitative estimate of drug-likeness (QED) is 0.875. The fraction of sp³-hybridized carbons (Fsp3) is 0.143. The lowest BCUT2D eigenvalue weighted by Gasteiger charge is -2.11. The van der Waals surface area contributed by atoms with Crippen LogP contribution >= 0.6 is 23.2 Å². The Hall–Kier alpha value is -1.11. The van der Waals surface area contributed by atoms with Crippen molar-refractivity contribution in [2.75, 3.05) is 0 Å². The molecule has 0 unspecified atom stereocenters. The number of nitrogens with two attached hydrogens (primary N) is 1. The molecule has 4 nitrogen and oxygen atoms in total. The average Bonchev–Trinajstić information content (AvgIpc) is 2.48. The molecule has 2 aromatic rings. The van der Waals surface area contributed by atoms with Gasteiger partial charge in [0.25, 0.3) is 0 Å². The van der Waals surface area contributed by atoms with Gasteiger partial charge in [-0.1, -0.05) is 47.5 Å². The smallest absolute Gasteiger partial charge is 0.242 e. The van der Waals surface area contributed by atoms with Crippen LogP contribution in [0.4, 0.5) is 0 Å². The lowest BCUT2D eigenvalue weighted by atomic mass is 10.1. The molecular formula is C14H14Cl2N2O2S. The third kappa shape index (κ3) is 3.96. The zero-order valence-electron chi connectivity index (χ0n) is 11.0. The molecule has 0 radical (unpaired) electrons. The van der Waals surface area contributed by atoms with Crippen LogP contribution in [0, 0.1) is 0 Å². The van der Waals surface area contributed by atoms with Crippen molar-refractivity contribution in [3.63, 3.8) is 0 Å². The van der Waals surface area contributed by atoms with Crippen molar-refractivity contribution in [3.8, 4) is 0 Å². The highest BCUT2D eigenvalue weighted by molar-refractivity contribution is 7.89. The van der Waals surface area contributed by atoms with Gasteiger partial charge in [0.15, 0.2) is 0 Å². The molecule has 3 N–H and O–H groups in total. The van der Waals surface area contributed by atoms with E-state index in [1.54, 1.807) is 0 Å². The largest absolute Gasteiger partial charge is 0.326 e. The van der Waals surface area contributed by atoms with Crippen LogP contribution in [-0.2, 0) is 23.1 Å². The molecule has 0 bridgehead atoms. The highest BCUT2D eigenvalue weighted by atomic mass is 35.5. The van der Waals surface area contributed by atoms with E-state index in [1.807, 2.05) is 24.3 Å². The fourth-order valence-electron chi connectivity index (χ4n) is 1.86. The van der Waals surface area contributed by atoms with Gasteiger partial charge in [0.1, 0.15) is 4.90 Å². The predicted octanol–water partition coefficient (Wildman–Crippen LogP) is 2.93. The highest BCUT2D eigenvalue weighted by Gasteiger charge is 2.18. The van der Waals surface area contributed by atoms with Gasteiger partial charge < -0.3 is 5.73 Å². The molecule has 112 valence electrons. The Bertz CT molecular complexity index is 748. The summed E-state index contributed by atoms with van der Waals surface area (Å²) in [6.07, 6.45) is 0. The minimum absolute atomic E-state index is 0.0399. The molecule has 7 heteroatoms. The molecule has 0 fully saturated rings. The van der Waals surface area contributed by atoms with E-state index in [2.05, 4.69) is 4.72 Å². The first-order valence-electron chi connectivity index (χ1n) is 6.15. The minimum atomic E-state index is -3.74. The Labute approximate surface area is 133 Å². The molecule has 0 aromatic heterocycles. The summed E-state index contributed by atoms with van der Waals surface area (Å²) in [6.45, 7) is 0.481. The monoisotopic (exact) mass is 344 g/mol. The van der Waals surface area contributed by atoms with E-state index in [4.69, 9.17) is 28.9 Å². The number of rotatable bonds is 5. The molecule has 0 atom stereocenters. The van der Waals surface area contributed by atoms with E-state index < -0.39 is 10.0 Å². The Morgan fingerprint density at radius 3 is 2.38 bits per heavy atom. The van der Waals surface area contributed by atoms with Crippen molar-refractivity contribution in [2.24, 2.45) is 5.73 Å². The number of hydrogen-bond acceptors (Lipinski definition) is 3. The summed E-state index contributed by atoms with van der Waals surface area (Å²) >= 11 is 11.7. The minimum Gasteiger partial charge on any atom is -0.326 e. The molecule has 0 spiro atoms. The summed E-state index contributed by atoms with van der Waals surface area (Å²) in [5, 5.41) is 0.432. The zero-order chi connectivity index (χ0) is 15.5. The van der Waals surface area contributed by atoms with Gasteiger partial charge in [0.05, 0.1) is 5.02 Å². The van der Waals surface area contributed by atoms with Crippen molar-refractivity contribution in [1.29, 1.82) is 0 Å². The second kappa shape index (κ2) is 6.77. The maximum Gasteiger partial charge on any atom is 0.242 e. The lowest BCUT2D eigenvalue weighted by Crippen LogP contribution is -2.24. The average molecular weight is 345 g/mol. The Kier molecular flexibility index (Phi) is 5.24. The van der Waals surface area contributed by atoms with E-state index >= 15 is 0 Å². The molecular weight excluding hydrogens is 331 g/mol. The molecule has 21 heavy (non-hydrogen) atoms. The van der Waals surface area contributed by atoms with Crippen molar-refractivity contribution in [1.82, 2.24) is 4.72 Å². The van der Waals surface area contributed by atoms with Gasteiger partial charge in [0.2, 0.25) is 10.0 Å². The summed E-state index contributed by atoms with van der Waals surface area (Å²) in [7, 11) is -3.74. The van der Waals surface area contributed by atoms with Crippen LogP contribution < -0.4 is 10.5 Å². The maximum atomic E-state index is 12.3. The van der Waals surface area contributed by atoms with E-state index in [9.17, 15) is 8.42 Å². The number of benzene rings is 2. The first-order valence-corrected chi connectivity index (χ1v) is 8.39. The molecule has 0 amide bonds. The molecule has 0 saturated heterocycles. The molecule has 2 aromatic carbocycles. The highest BCUT2D eigenvalue weighted by Crippen LogP contribution is 2.25. The van der Waals surface area contributed by atoms with E-state index in [0.29, 0.717) is 11.6 Å². The number of sulfonamides is 1. The Morgan fingerprint density at radius 1 is 1.05 bits per heavy atom. The Morgan fingerprint density at radius 2 is 1.71 bits per heavy atom. The van der Waals surface area contributed by atoms with E-state index in [1.165, 1.54) is 18.2 Å². The van der Waals surface area contributed by atoms with Gasteiger partial charge in [-0.2, -0.15) is 0 Å². The lowest BCUT2D eigenvalue weighted by molar-refractivity contribution is 0.581. The van der Waals surface area contributed by atoms with Gasteiger partial charge >= 0.3 is 0 Å². The van der Waals surface area contributed by atoms with Crippen molar-refractivity contribution >= 4 is 33.2 Å². The van der Waals surface area contributed by atoms with Gasteiger partial charge in [-0.15, -0.1) is 0 Å². The molecule has 2 rings (SSSR count). The zero-order valence-corrected chi connectivity index (χ0v) is 13.3. The summed E-state index contributed by atoms with van der Waals surface area (Å²) in [4.78, 5) is -0.0399. The first kappa shape index (κ1) is 16.3. The molecule has 0 aliphatic heterocycles. The summed E-state index contributed by atoms with van der Waals surface area (Å²) in [5.41, 5.74) is 7.34. The van der Waals surface area contributed by atoms with Crippen LogP contribution in [0.25, 0.3) is 0 Å². The summed E-state index contributed by atoms with van der Waals surface area (Å²) < 4.78 is 27.1. The van der Waals surface area contributed by atoms with E-state index in [-0.39, 0.29) is 16.5 Å².